The topological polar surface area (TPSA) is 81.4 Å². The van der Waals surface area contributed by atoms with Crippen LogP contribution in [0.4, 0.5) is 5.69 Å². The van der Waals surface area contributed by atoms with Crippen LogP contribution < -0.4 is 5.32 Å². The first-order valence-corrected chi connectivity index (χ1v) is 5.91. The van der Waals surface area contributed by atoms with E-state index in [-0.39, 0.29) is 13.0 Å². The maximum absolute atomic E-state index is 11.6. The van der Waals surface area contributed by atoms with E-state index in [0.717, 1.165) is 5.52 Å². The van der Waals surface area contributed by atoms with Gasteiger partial charge in [-0.1, -0.05) is 0 Å². The second-order valence-corrected chi connectivity index (χ2v) is 3.95. The molecule has 1 aromatic heterocycles. The van der Waals surface area contributed by atoms with Crippen LogP contribution in [0.1, 0.15) is 19.2 Å². The Bertz CT molecular complexity index is 618. The molecular formula is C13H14N2O4. The number of nitrogens with zero attached hydrogens (tertiary/aromatic N) is 1. The van der Waals surface area contributed by atoms with Gasteiger partial charge in [0.2, 0.25) is 5.91 Å². The van der Waals surface area contributed by atoms with Crippen LogP contribution in [0.25, 0.3) is 11.1 Å². The molecule has 1 aromatic carbocycles. The third-order valence-electron chi connectivity index (χ3n) is 2.39. The van der Waals surface area contributed by atoms with Gasteiger partial charge in [-0.3, -0.25) is 9.59 Å². The normalized spacial score (nSPS) is 10.4. The number of anilines is 1. The maximum atomic E-state index is 11.6. The van der Waals surface area contributed by atoms with Gasteiger partial charge in [-0.2, -0.15) is 0 Å². The summed E-state index contributed by atoms with van der Waals surface area (Å²) in [6.07, 6.45) is -0.304. The summed E-state index contributed by atoms with van der Waals surface area (Å²) in [4.78, 5) is 26.9. The molecule has 2 rings (SSSR count). The van der Waals surface area contributed by atoms with Crippen LogP contribution in [0.3, 0.4) is 0 Å². The number of oxazole rings is 1. The van der Waals surface area contributed by atoms with E-state index in [1.807, 2.05) is 0 Å². The molecule has 0 aliphatic carbocycles. The zero-order valence-electron chi connectivity index (χ0n) is 10.7. The van der Waals surface area contributed by atoms with Gasteiger partial charge in [0.05, 0.1) is 6.61 Å². The number of benzene rings is 1. The Hall–Kier alpha value is -2.37. The van der Waals surface area contributed by atoms with Gasteiger partial charge < -0.3 is 14.5 Å². The molecule has 0 radical (unpaired) electrons. The summed E-state index contributed by atoms with van der Waals surface area (Å²) in [5.41, 5.74) is 1.87. The molecule has 6 heteroatoms. The highest BCUT2D eigenvalue weighted by Gasteiger charge is 2.11. The molecule has 0 spiro atoms. The molecule has 0 unspecified atom stereocenters. The van der Waals surface area contributed by atoms with Crippen molar-refractivity contribution in [3.05, 3.63) is 24.1 Å². The molecule has 1 N–H and O–H groups in total. The van der Waals surface area contributed by atoms with Crippen molar-refractivity contribution >= 4 is 28.7 Å². The van der Waals surface area contributed by atoms with Crippen LogP contribution >= 0.6 is 0 Å². The first-order valence-electron chi connectivity index (χ1n) is 5.91. The van der Waals surface area contributed by atoms with Gasteiger partial charge in [-0.25, -0.2) is 4.98 Å². The molecular weight excluding hydrogens is 248 g/mol. The fourth-order valence-electron chi connectivity index (χ4n) is 1.67. The van der Waals surface area contributed by atoms with E-state index in [1.54, 1.807) is 32.0 Å². The Balaban J connectivity index is 2.04. The number of esters is 1. The van der Waals surface area contributed by atoms with Crippen LogP contribution in [0.2, 0.25) is 0 Å². The monoisotopic (exact) mass is 262 g/mol. The minimum Gasteiger partial charge on any atom is -0.466 e. The van der Waals surface area contributed by atoms with Crippen LogP contribution in [-0.2, 0) is 14.3 Å². The van der Waals surface area contributed by atoms with Crippen molar-refractivity contribution in [2.24, 2.45) is 0 Å². The Labute approximate surface area is 109 Å². The first-order chi connectivity index (χ1) is 9.08. The maximum Gasteiger partial charge on any atom is 0.315 e. The predicted octanol–water partition coefficient (Wildman–Crippen LogP) is 2.03. The summed E-state index contributed by atoms with van der Waals surface area (Å²) in [5.74, 6) is -0.407. The van der Waals surface area contributed by atoms with E-state index in [1.165, 1.54) is 0 Å². The zero-order valence-corrected chi connectivity index (χ0v) is 10.7. The largest absolute Gasteiger partial charge is 0.466 e. The van der Waals surface area contributed by atoms with Crippen molar-refractivity contribution in [1.82, 2.24) is 4.98 Å². The molecule has 0 saturated heterocycles. The molecule has 0 aliphatic rings. The summed E-state index contributed by atoms with van der Waals surface area (Å²) in [6.45, 7) is 3.70. The fraction of sp³-hybridized carbons (Fsp3) is 0.308. The Kier molecular flexibility index (Phi) is 3.79. The van der Waals surface area contributed by atoms with Crippen LogP contribution in [0.15, 0.2) is 22.6 Å². The number of carbonyl (C=O) groups is 2. The lowest BCUT2D eigenvalue weighted by Crippen LogP contribution is -2.18. The minimum atomic E-state index is -0.545. The number of hydrogen-bond acceptors (Lipinski definition) is 5. The Morgan fingerprint density at radius 1 is 1.42 bits per heavy atom. The van der Waals surface area contributed by atoms with Crippen molar-refractivity contribution in [2.75, 3.05) is 11.9 Å². The summed E-state index contributed by atoms with van der Waals surface area (Å²) in [7, 11) is 0. The lowest BCUT2D eigenvalue weighted by Gasteiger charge is -2.04. The number of hydrogen-bond donors (Lipinski definition) is 1. The predicted molar refractivity (Wildman–Crippen MR) is 68.6 cm³/mol. The van der Waals surface area contributed by atoms with Crippen molar-refractivity contribution in [3.8, 4) is 0 Å². The van der Waals surface area contributed by atoms with Crippen LogP contribution in [0, 0.1) is 6.92 Å². The summed E-state index contributed by atoms with van der Waals surface area (Å²) in [6, 6.07) is 5.11. The van der Waals surface area contributed by atoms with Gasteiger partial charge in [-0.15, -0.1) is 0 Å². The number of aryl methyl sites for hydroxylation is 1. The molecule has 0 fully saturated rings. The number of ether oxygens (including phenoxy) is 1. The lowest BCUT2D eigenvalue weighted by molar-refractivity contribution is -0.145. The van der Waals surface area contributed by atoms with Crippen molar-refractivity contribution < 1.29 is 18.7 Å². The lowest BCUT2D eigenvalue weighted by atomic mass is 10.2. The summed E-state index contributed by atoms with van der Waals surface area (Å²) < 4.78 is 10.1. The average Bonchev–Trinajstić information content (AvgIpc) is 2.68. The standard InChI is InChI=1S/C13H14N2O4/c1-3-18-13(17)7-12(16)15-9-4-5-10-11(6-9)19-8(2)14-10/h4-6H,3,7H2,1-2H3,(H,15,16). The second-order valence-electron chi connectivity index (χ2n) is 3.95. The molecule has 0 atom stereocenters. The van der Waals surface area contributed by atoms with E-state index in [0.29, 0.717) is 17.2 Å². The van der Waals surface area contributed by atoms with Gasteiger partial charge in [-0.05, 0) is 19.1 Å². The first kappa shape index (κ1) is 13.1. The molecule has 1 heterocycles. The molecule has 0 bridgehead atoms. The summed E-state index contributed by atoms with van der Waals surface area (Å²) in [5, 5.41) is 2.61. The molecule has 2 aromatic rings. The Morgan fingerprint density at radius 2 is 2.21 bits per heavy atom. The summed E-state index contributed by atoms with van der Waals surface area (Å²) >= 11 is 0. The van der Waals surface area contributed by atoms with Gasteiger partial charge in [0.25, 0.3) is 0 Å². The highest BCUT2D eigenvalue weighted by molar-refractivity contribution is 6.02. The number of amides is 1. The Morgan fingerprint density at radius 3 is 2.95 bits per heavy atom. The van der Waals surface area contributed by atoms with Gasteiger partial charge in [0.1, 0.15) is 11.9 Å². The molecule has 1 amide bonds. The molecule has 19 heavy (non-hydrogen) atoms. The molecule has 0 saturated carbocycles. The van der Waals surface area contributed by atoms with Gasteiger partial charge >= 0.3 is 5.97 Å². The average molecular weight is 262 g/mol. The third-order valence-corrected chi connectivity index (χ3v) is 2.39. The van der Waals surface area contributed by atoms with Crippen molar-refractivity contribution in [1.29, 1.82) is 0 Å². The highest BCUT2D eigenvalue weighted by Crippen LogP contribution is 2.19. The number of aromatic nitrogens is 1. The van der Waals surface area contributed by atoms with Crippen molar-refractivity contribution in [2.45, 2.75) is 20.3 Å². The quantitative estimate of drug-likeness (QED) is 0.673. The second kappa shape index (κ2) is 5.51. The number of rotatable bonds is 4. The van der Waals surface area contributed by atoms with E-state index in [2.05, 4.69) is 10.3 Å². The molecule has 6 nitrogen and oxygen atoms in total. The smallest absolute Gasteiger partial charge is 0.315 e. The van der Waals surface area contributed by atoms with Crippen molar-refractivity contribution in [3.63, 3.8) is 0 Å². The van der Waals surface area contributed by atoms with E-state index in [4.69, 9.17) is 9.15 Å². The third kappa shape index (κ3) is 3.31. The molecule has 100 valence electrons. The number of nitrogens with one attached hydrogen (secondary N) is 1. The molecule has 0 aliphatic heterocycles. The van der Waals surface area contributed by atoms with E-state index >= 15 is 0 Å². The van der Waals surface area contributed by atoms with Gasteiger partial charge in [0.15, 0.2) is 11.5 Å². The van der Waals surface area contributed by atoms with Crippen LogP contribution in [-0.4, -0.2) is 23.5 Å². The number of carbonyl (C=O) groups excluding carboxylic acids is 2. The SMILES string of the molecule is CCOC(=O)CC(=O)Nc1ccc2nc(C)oc2c1. The van der Waals surface area contributed by atoms with Crippen LogP contribution in [0.5, 0.6) is 0 Å². The van der Waals surface area contributed by atoms with E-state index in [9.17, 15) is 9.59 Å². The number of fused-ring (bicyclic) bond motifs is 1. The zero-order chi connectivity index (χ0) is 13.8. The minimum absolute atomic E-state index is 0.259. The fourth-order valence-corrected chi connectivity index (χ4v) is 1.67. The highest BCUT2D eigenvalue weighted by atomic mass is 16.5. The van der Waals surface area contributed by atoms with Gasteiger partial charge in [0, 0.05) is 18.7 Å². The van der Waals surface area contributed by atoms with E-state index < -0.39 is 11.9 Å².